The van der Waals surface area contributed by atoms with Gasteiger partial charge in [-0.2, -0.15) is 0 Å². The molecule has 0 aliphatic rings. The molecule has 5 heteroatoms. The number of pyridine rings is 1. The van der Waals surface area contributed by atoms with E-state index in [1.54, 1.807) is 13.8 Å². The molecule has 0 aliphatic heterocycles. The predicted molar refractivity (Wildman–Crippen MR) is 54.6 cm³/mol. The molecule has 0 radical (unpaired) electrons. The third-order valence-electron chi connectivity index (χ3n) is 2.18. The lowest BCUT2D eigenvalue weighted by molar-refractivity contribution is 0.548. The molecule has 0 amide bonds. The van der Waals surface area contributed by atoms with Gasteiger partial charge in [-0.3, -0.25) is 4.98 Å². The van der Waals surface area contributed by atoms with Gasteiger partial charge in [-0.25, -0.2) is 8.42 Å². The Labute approximate surface area is 84.1 Å². The number of nitrogens with zero attached hydrogens (tertiary/aromatic N) is 1. The molecule has 0 aromatic carbocycles. The Morgan fingerprint density at radius 1 is 1.36 bits per heavy atom. The molecular weight excluding hydrogens is 200 g/mol. The Bertz CT molecular complexity index is 398. The molecule has 1 aromatic heterocycles. The lowest BCUT2D eigenvalue weighted by atomic mass is 10.2. The monoisotopic (exact) mass is 214 g/mol. The van der Waals surface area contributed by atoms with Gasteiger partial charge in [0.25, 0.3) is 0 Å². The van der Waals surface area contributed by atoms with Gasteiger partial charge in [0.15, 0.2) is 9.84 Å². The minimum absolute atomic E-state index is 0.0949. The SMILES string of the molecule is CC(C)(CN)S(=O)(=O)c1ccncc1. The minimum atomic E-state index is -3.35. The summed E-state index contributed by atoms with van der Waals surface area (Å²) >= 11 is 0. The van der Waals surface area contributed by atoms with Crippen molar-refractivity contribution in [3.63, 3.8) is 0 Å². The second kappa shape index (κ2) is 3.67. The summed E-state index contributed by atoms with van der Waals surface area (Å²) in [5.74, 6) is 0. The van der Waals surface area contributed by atoms with Gasteiger partial charge in [-0.05, 0) is 26.0 Å². The molecule has 1 rings (SSSR count). The first-order valence-corrected chi connectivity index (χ1v) is 5.75. The summed E-state index contributed by atoms with van der Waals surface area (Å²) in [6.45, 7) is 3.32. The van der Waals surface area contributed by atoms with Crippen LogP contribution in [0.3, 0.4) is 0 Å². The van der Waals surface area contributed by atoms with Crippen LogP contribution < -0.4 is 5.73 Å². The number of aromatic nitrogens is 1. The fraction of sp³-hybridized carbons (Fsp3) is 0.444. The van der Waals surface area contributed by atoms with Gasteiger partial charge in [0.05, 0.1) is 9.64 Å². The van der Waals surface area contributed by atoms with Crippen LogP contribution >= 0.6 is 0 Å². The number of sulfone groups is 1. The zero-order chi connectivity index (χ0) is 10.8. The van der Waals surface area contributed by atoms with Crippen molar-refractivity contribution in [3.8, 4) is 0 Å². The highest BCUT2D eigenvalue weighted by molar-refractivity contribution is 7.92. The molecule has 78 valence electrons. The third kappa shape index (κ3) is 1.78. The lowest BCUT2D eigenvalue weighted by Crippen LogP contribution is -2.39. The van der Waals surface area contributed by atoms with Crippen molar-refractivity contribution in [1.29, 1.82) is 0 Å². The van der Waals surface area contributed by atoms with Crippen LogP contribution in [0.4, 0.5) is 0 Å². The van der Waals surface area contributed by atoms with E-state index in [2.05, 4.69) is 4.98 Å². The van der Waals surface area contributed by atoms with Crippen molar-refractivity contribution in [2.45, 2.75) is 23.5 Å². The molecule has 0 saturated heterocycles. The van der Waals surface area contributed by atoms with E-state index in [0.29, 0.717) is 0 Å². The summed E-state index contributed by atoms with van der Waals surface area (Å²) in [4.78, 5) is 4.04. The molecule has 0 spiro atoms. The Balaban J connectivity index is 3.23. The molecule has 0 unspecified atom stereocenters. The lowest BCUT2D eigenvalue weighted by Gasteiger charge is -2.22. The summed E-state index contributed by atoms with van der Waals surface area (Å²) in [5.41, 5.74) is 5.43. The van der Waals surface area contributed by atoms with E-state index in [1.807, 2.05) is 0 Å². The van der Waals surface area contributed by atoms with Gasteiger partial charge in [-0.1, -0.05) is 0 Å². The van der Waals surface area contributed by atoms with Crippen LogP contribution in [0.15, 0.2) is 29.4 Å². The Hall–Kier alpha value is -0.940. The van der Waals surface area contributed by atoms with Gasteiger partial charge < -0.3 is 5.73 Å². The van der Waals surface area contributed by atoms with Gasteiger partial charge in [0, 0.05) is 18.9 Å². The van der Waals surface area contributed by atoms with Crippen LogP contribution in [0.1, 0.15) is 13.8 Å². The first kappa shape index (κ1) is 11.1. The average molecular weight is 214 g/mol. The first-order chi connectivity index (χ1) is 6.42. The molecule has 2 N–H and O–H groups in total. The van der Waals surface area contributed by atoms with E-state index in [9.17, 15) is 8.42 Å². The van der Waals surface area contributed by atoms with Crippen LogP contribution in [0.2, 0.25) is 0 Å². The van der Waals surface area contributed by atoms with E-state index in [1.165, 1.54) is 24.5 Å². The van der Waals surface area contributed by atoms with Gasteiger partial charge >= 0.3 is 0 Å². The number of nitrogens with two attached hydrogens (primary N) is 1. The van der Waals surface area contributed by atoms with Crippen LogP contribution in [-0.4, -0.2) is 24.7 Å². The predicted octanol–water partition coefficient (Wildman–Crippen LogP) is 0.593. The highest BCUT2D eigenvalue weighted by Crippen LogP contribution is 2.23. The van der Waals surface area contributed by atoms with E-state index >= 15 is 0 Å². The molecule has 4 nitrogen and oxygen atoms in total. The quantitative estimate of drug-likeness (QED) is 0.799. The van der Waals surface area contributed by atoms with Crippen LogP contribution in [0, 0.1) is 0 Å². The van der Waals surface area contributed by atoms with Crippen molar-refractivity contribution < 1.29 is 8.42 Å². The van der Waals surface area contributed by atoms with E-state index in [-0.39, 0.29) is 11.4 Å². The number of hydrogen-bond donors (Lipinski definition) is 1. The molecule has 1 aromatic rings. The van der Waals surface area contributed by atoms with E-state index < -0.39 is 14.6 Å². The smallest absolute Gasteiger partial charge is 0.184 e. The summed E-state index contributed by atoms with van der Waals surface area (Å²) in [7, 11) is -3.35. The molecule has 0 fully saturated rings. The zero-order valence-corrected chi connectivity index (χ0v) is 9.08. The molecule has 0 bridgehead atoms. The molecule has 0 atom stereocenters. The standard InChI is InChI=1S/C9H14N2O2S/c1-9(2,7-10)14(12,13)8-3-5-11-6-4-8/h3-6H,7,10H2,1-2H3. The van der Waals surface area contributed by atoms with Gasteiger partial charge in [-0.15, -0.1) is 0 Å². The molecular formula is C9H14N2O2S. The van der Waals surface area contributed by atoms with Crippen molar-refractivity contribution in [2.75, 3.05) is 6.54 Å². The number of rotatable bonds is 3. The minimum Gasteiger partial charge on any atom is -0.329 e. The van der Waals surface area contributed by atoms with Crippen molar-refractivity contribution in [2.24, 2.45) is 5.73 Å². The van der Waals surface area contributed by atoms with Crippen molar-refractivity contribution in [3.05, 3.63) is 24.5 Å². The summed E-state index contributed by atoms with van der Waals surface area (Å²) in [5, 5.41) is 0. The molecule has 0 aliphatic carbocycles. The summed E-state index contributed by atoms with van der Waals surface area (Å²) in [6, 6.07) is 2.96. The second-order valence-corrected chi connectivity index (χ2v) is 6.23. The fourth-order valence-corrected chi connectivity index (χ4v) is 2.28. The van der Waals surface area contributed by atoms with Crippen molar-refractivity contribution in [1.82, 2.24) is 4.98 Å². The highest BCUT2D eigenvalue weighted by Gasteiger charge is 2.34. The largest absolute Gasteiger partial charge is 0.329 e. The Morgan fingerprint density at radius 3 is 2.29 bits per heavy atom. The summed E-state index contributed by atoms with van der Waals surface area (Å²) in [6.07, 6.45) is 2.92. The van der Waals surface area contributed by atoms with Gasteiger partial charge in [0.2, 0.25) is 0 Å². The molecule has 0 saturated carbocycles. The molecule has 14 heavy (non-hydrogen) atoms. The van der Waals surface area contributed by atoms with E-state index in [0.717, 1.165) is 0 Å². The Morgan fingerprint density at radius 2 is 1.86 bits per heavy atom. The number of hydrogen-bond acceptors (Lipinski definition) is 4. The first-order valence-electron chi connectivity index (χ1n) is 4.26. The fourth-order valence-electron chi connectivity index (χ4n) is 0.946. The van der Waals surface area contributed by atoms with Gasteiger partial charge in [0.1, 0.15) is 0 Å². The zero-order valence-electron chi connectivity index (χ0n) is 8.27. The second-order valence-electron chi connectivity index (χ2n) is 3.65. The van der Waals surface area contributed by atoms with Crippen LogP contribution in [0.25, 0.3) is 0 Å². The normalized spacial score (nSPS) is 12.8. The van der Waals surface area contributed by atoms with Crippen LogP contribution in [-0.2, 0) is 9.84 Å². The highest BCUT2D eigenvalue weighted by atomic mass is 32.2. The maximum absolute atomic E-state index is 12.0. The van der Waals surface area contributed by atoms with Crippen molar-refractivity contribution >= 4 is 9.84 Å². The van der Waals surface area contributed by atoms with E-state index in [4.69, 9.17) is 5.73 Å². The maximum atomic E-state index is 12.0. The topological polar surface area (TPSA) is 73.1 Å². The molecule has 1 heterocycles. The third-order valence-corrected chi connectivity index (χ3v) is 4.69. The summed E-state index contributed by atoms with van der Waals surface area (Å²) < 4.78 is 23.0. The average Bonchev–Trinajstić information content (AvgIpc) is 2.19. The van der Waals surface area contributed by atoms with Crippen LogP contribution in [0.5, 0.6) is 0 Å². The maximum Gasteiger partial charge on any atom is 0.184 e. The Kier molecular flexibility index (Phi) is 2.92.